The molecule has 0 fully saturated rings. The third kappa shape index (κ3) is 3.20. The summed E-state index contributed by atoms with van der Waals surface area (Å²) in [6, 6.07) is 0. The first kappa shape index (κ1) is 13.4. The lowest BCUT2D eigenvalue weighted by atomic mass is 10.3. The molecule has 0 aliphatic heterocycles. The zero-order chi connectivity index (χ0) is 9.14. The van der Waals surface area contributed by atoms with E-state index in [0.29, 0.717) is 0 Å². The third-order valence-corrected chi connectivity index (χ3v) is 3.45. The van der Waals surface area contributed by atoms with Gasteiger partial charge in [-0.05, 0) is 6.92 Å². The average molecular weight is 311 g/mol. The lowest BCUT2D eigenvalue weighted by molar-refractivity contribution is -0.704. The van der Waals surface area contributed by atoms with E-state index in [1.165, 1.54) is 35.0 Å². The summed E-state index contributed by atoms with van der Waals surface area (Å²) in [6.45, 7) is 10.1. The van der Waals surface area contributed by atoms with E-state index in [2.05, 4.69) is 32.3 Å². The van der Waals surface area contributed by atoms with Crippen molar-refractivity contribution >= 4 is 11.3 Å². The number of halogens is 1. The second-order valence-corrected chi connectivity index (χ2v) is 4.68. The van der Waals surface area contributed by atoms with Crippen LogP contribution in [-0.4, -0.2) is 0 Å². The Morgan fingerprint density at radius 2 is 1.85 bits per heavy atom. The van der Waals surface area contributed by atoms with Crippen LogP contribution in [0.15, 0.2) is 0 Å². The Morgan fingerprint density at radius 1 is 1.23 bits per heavy atom. The quantitative estimate of drug-likeness (QED) is 0.536. The Kier molecular flexibility index (Phi) is 6.12. The molecule has 0 aromatic carbocycles. The molecule has 1 rings (SSSR count). The standard InChI is InChI=1S/C10H18NS.HI/c1-5-6-7-11-8(2)9(3)12-10(11)4;/h5-7H2,1-4H3;1H/q+1;/p-1. The van der Waals surface area contributed by atoms with Gasteiger partial charge in [-0.15, -0.1) is 0 Å². The molecule has 76 valence electrons. The van der Waals surface area contributed by atoms with Crippen LogP contribution in [0, 0.1) is 20.8 Å². The van der Waals surface area contributed by atoms with Crippen molar-refractivity contribution in [1.29, 1.82) is 0 Å². The molecular weight excluding hydrogens is 293 g/mol. The summed E-state index contributed by atoms with van der Waals surface area (Å²) in [6.07, 6.45) is 2.57. The molecule has 0 unspecified atom stereocenters. The summed E-state index contributed by atoms with van der Waals surface area (Å²) >= 11 is 1.91. The lowest BCUT2D eigenvalue weighted by Crippen LogP contribution is -3.00. The van der Waals surface area contributed by atoms with Gasteiger partial charge in [0, 0.05) is 20.3 Å². The van der Waals surface area contributed by atoms with Gasteiger partial charge in [0.1, 0.15) is 6.54 Å². The second kappa shape index (κ2) is 5.96. The number of aryl methyl sites for hydroxylation is 2. The van der Waals surface area contributed by atoms with Gasteiger partial charge in [0.2, 0.25) is 5.01 Å². The van der Waals surface area contributed by atoms with Gasteiger partial charge in [0.15, 0.2) is 5.69 Å². The summed E-state index contributed by atoms with van der Waals surface area (Å²) < 4.78 is 2.43. The molecule has 0 aliphatic rings. The molecule has 1 heterocycles. The van der Waals surface area contributed by atoms with Gasteiger partial charge in [-0.1, -0.05) is 24.7 Å². The van der Waals surface area contributed by atoms with Crippen molar-refractivity contribution in [3.05, 3.63) is 15.6 Å². The fraction of sp³-hybridized carbons (Fsp3) is 0.700. The van der Waals surface area contributed by atoms with E-state index in [9.17, 15) is 0 Å². The molecular formula is C10H18INS. The van der Waals surface area contributed by atoms with E-state index in [4.69, 9.17) is 0 Å². The van der Waals surface area contributed by atoms with E-state index in [-0.39, 0.29) is 24.0 Å². The number of hydrogen-bond acceptors (Lipinski definition) is 1. The molecule has 0 atom stereocenters. The van der Waals surface area contributed by atoms with E-state index in [1.807, 2.05) is 11.3 Å². The summed E-state index contributed by atoms with van der Waals surface area (Å²) in [4.78, 5) is 1.46. The van der Waals surface area contributed by atoms with Crippen LogP contribution in [0.4, 0.5) is 0 Å². The van der Waals surface area contributed by atoms with Gasteiger partial charge in [-0.3, -0.25) is 0 Å². The average Bonchev–Trinajstić information content (AvgIpc) is 2.25. The predicted octanol–water partition coefficient (Wildman–Crippen LogP) is -0.235. The van der Waals surface area contributed by atoms with Crippen molar-refractivity contribution in [2.24, 2.45) is 0 Å². The highest BCUT2D eigenvalue weighted by molar-refractivity contribution is 7.11. The Balaban J connectivity index is 0.00000144. The SMILES string of the molecule is CCCC[n+]1c(C)sc(C)c1C.[I-]. The fourth-order valence-corrected chi connectivity index (χ4v) is 2.46. The molecule has 13 heavy (non-hydrogen) atoms. The van der Waals surface area contributed by atoms with Gasteiger partial charge < -0.3 is 24.0 Å². The normalized spacial score (nSPS) is 9.85. The fourth-order valence-electron chi connectivity index (χ4n) is 1.42. The minimum atomic E-state index is 0. The number of aromatic nitrogens is 1. The van der Waals surface area contributed by atoms with Gasteiger partial charge in [0.25, 0.3) is 0 Å². The van der Waals surface area contributed by atoms with Gasteiger partial charge in [-0.25, -0.2) is 0 Å². The molecule has 0 saturated heterocycles. The van der Waals surface area contributed by atoms with Gasteiger partial charge in [0.05, 0.1) is 4.88 Å². The lowest BCUT2D eigenvalue weighted by Gasteiger charge is -1.94. The van der Waals surface area contributed by atoms with E-state index < -0.39 is 0 Å². The van der Waals surface area contributed by atoms with Crippen LogP contribution < -0.4 is 28.5 Å². The Labute approximate surface area is 102 Å². The topological polar surface area (TPSA) is 3.88 Å². The van der Waals surface area contributed by atoms with Crippen molar-refractivity contribution in [2.45, 2.75) is 47.1 Å². The molecule has 0 spiro atoms. The Bertz CT molecular complexity index is 268. The number of unbranched alkanes of at least 4 members (excludes halogenated alkanes) is 1. The van der Waals surface area contributed by atoms with Gasteiger partial charge in [-0.2, -0.15) is 4.57 Å². The summed E-state index contributed by atoms with van der Waals surface area (Å²) in [5, 5.41) is 1.44. The van der Waals surface area contributed by atoms with Crippen LogP contribution in [0.1, 0.15) is 35.3 Å². The number of thiazole rings is 1. The minimum Gasteiger partial charge on any atom is -1.00 e. The number of hydrogen-bond donors (Lipinski definition) is 0. The molecule has 0 saturated carbocycles. The van der Waals surface area contributed by atoms with Crippen molar-refractivity contribution in [3.8, 4) is 0 Å². The molecule has 1 nitrogen and oxygen atoms in total. The van der Waals surface area contributed by atoms with E-state index >= 15 is 0 Å². The summed E-state index contributed by atoms with van der Waals surface area (Å²) in [7, 11) is 0. The molecule has 1 aromatic heterocycles. The smallest absolute Gasteiger partial charge is 0.234 e. The molecule has 0 aliphatic carbocycles. The highest BCUT2D eigenvalue weighted by atomic mass is 127. The molecule has 0 amide bonds. The highest BCUT2D eigenvalue weighted by Crippen LogP contribution is 2.13. The first-order valence-corrected chi connectivity index (χ1v) is 5.45. The third-order valence-electron chi connectivity index (χ3n) is 2.33. The number of nitrogens with zero attached hydrogens (tertiary/aromatic N) is 1. The maximum absolute atomic E-state index is 2.43. The van der Waals surface area contributed by atoms with Crippen molar-refractivity contribution in [2.75, 3.05) is 0 Å². The maximum atomic E-state index is 2.43. The van der Waals surface area contributed by atoms with Crippen LogP contribution in [0.5, 0.6) is 0 Å². The van der Waals surface area contributed by atoms with Crippen molar-refractivity contribution in [3.63, 3.8) is 0 Å². The molecule has 3 heteroatoms. The highest BCUT2D eigenvalue weighted by Gasteiger charge is 2.15. The van der Waals surface area contributed by atoms with Crippen LogP contribution in [0.25, 0.3) is 0 Å². The Morgan fingerprint density at radius 3 is 2.23 bits per heavy atom. The molecule has 0 N–H and O–H groups in total. The monoisotopic (exact) mass is 311 g/mol. The number of rotatable bonds is 3. The van der Waals surface area contributed by atoms with Gasteiger partial charge >= 0.3 is 0 Å². The maximum Gasteiger partial charge on any atom is 0.234 e. The first-order chi connectivity index (χ1) is 5.66. The second-order valence-electron chi connectivity index (χ2n) is 3.27. The van der Waals surface area contributed by atoms with Crippen LogP contribution in [0.2, 0.25) is 0 Å². The minimum absolute atomic E-state index is 0. The predicted molar refractivity (Wildman–Crippen MR) is 53.6 cm³/mol. The zero-order valence-corrected chi connectivity index (χ0v) is 11.8. The van der Waals surface area contributed by atoms with Crippen LogP contribution in [0.3, 0.4) is 0 Å². The van der Waals surface area contributed by atoms with E-state index in [0.717, 1.165) is 0 Å². The van der Waals surface area contributed by atoms with Crippen LogP contribution in [-0.2, 0) is 6.54 Å². The largest absolute Gasteiger partial charge is 1.00 e. The van der Waals surface area contributed by atoms with Crippen LogP contribution >= 0.6 is 11.3 Å². The summed E-state index contributed by atoms with van der Waals surface area (Å²) in [5.41, 5.74) is 1.45. The molecule has 1 aromatic rings. The first-order valence-electron chi connectivity index (χ1n) is 4.63. The van der Waals surface area contributed by atoms with Crippen molar-refractivity contribution < 1.29 is 28.5 Å². The Hall–Kier alpha value is 0.360. The zero-order valence-electron chi connectivity index (χ0n) is 8.85. The van der Waals surface area contributed by atoms with E-state index in [1.54, 1.807) is 0 Å². The van der Waals surface area contributed by atoms with Crippen molar-refractivity contribution in [1.82, 2.24) is 0 Å². The molecule has 0 radical (unpaired) electrons. The molecule has 0 bridgehead atoms. The summed E-state index contributed by atoms with van der Waals surface area (Å²) in [5.74, 6) is 0.